The molecule has 4 nitrogen and oxygen atoms in total. The van der Waals surface area contributed by atoms with Crippen LogP contribution in [0.1, 0.15) is 31.1 Å². The van der Waals surface area contributed by atoms with Gasteiger partial charge in [0, 0.05) is 26.7 Å². The van der Waals surface area contributed by atoms with Gasteiger partial charge < -0.3 is 15.0 Å². The molecule has 1 heterocycles. The van der Waals surface area contributed by atoms with Gasteiger partial charge in [-0.15, -0.1) is 0 Å². The first-order chi connectivity index (χ1) is 8.65. The molecule has 1 fully saturated rings. The number of hydrogen-bond donors (Lipinski definition) is 1. The molecule has 0 radical (unpaired) electrons. The lowest BCUT2D eigenvalue weighted by Crippen LogP contribution is -2.17. The third-order valence-corrected chi connectivity index (χ3v) is 4.54. The maximum absolute atomic E-state index is 5.34. The molecule has 1 aromatic heterocycles. The van der Waals surface area contributed by atoms with Gasteiger partial charge in [-0.3, -0.25) is 0 Å². The number of aromatic nitrogens is 1. The van der Waals surface area contributed by atoms with E-state index in [2.05, 4.69) is 17.2 Å². The Labute approximate surface area is 113 Å². The average Bonchev–Trinajstić information content (AvgIpc) is 2.94. The van der Waals surface area contributed by atoms with Crippen LogP contribution < -0.4 is 15.0 Å². The number of nitrogens with one attached hydrogen (secondary N) is 1. The summed E-state index contributed by atoms with van der Waals surface area (Å²) >= 11 is 1.70. The van der Waals surface area contributed by atoms with E-state index < -0.39 is 0 Å². The van der Waals surface area contributed by atoms with E-state index in [1.165, 1.54) is 24.1 Å². The molecular formula is C13H23N3OS. The van der Waals surface area contributed by atoms with Crippen LogP contribution in [0.5, 0.6) is 5.88 Å². The number of ether oxygens (including phenoxy) is 1. The van der Waals surface area contributed by atoms with Crippen molar-refractivity contribution in [2.24, 2.45) is 5.92 Å². The van der Waals surface area contributed by atoms with E-state index in [4.69, 9.17) is 4.74 Å². The number of rotatable bonds is 7. The lowest BCUT2D eigenvalue weighted by atomic mass is 10.2. The van der Waals surface area contributed by atoms with Crippen LogP contribution in [0.2, 0.25) is 0 Å². The molecular weight excluding hydrogens is 246 g/mol. The summed E-state index contributed by atoms with van der Waals surface area (Å²) in [5.74, 6) is 1.66. The second-order valence-corrected chi connectivity index (χ2v) is 6.16. The SMILES string of the molecule is CCCC1CC1NCc1sc(N(C)C)nc1OC. The minimum Gasteiger partial charge on any atom is -0.480 e. The summed E-state index contributed by atoms with van der Waals surface area (Å²) in [7, 11) is 5.70. The number of thiazole rings is 1. The molecule has 0 amide bonds. The molecule has 1 aliphatic carbocycles. The third-order valence-electron chi connectivity index (χ3n) is 3.33. The summed E-state index contributed by atoms with van der Waals surface area (Å²) in [5.41, 5.74) is 0. The zero-order valence-corrected chi connectivity index (χ0v) is 12.5. The van der Waals surface area contributed by atoms with Crippen LogP contribution >= 0.6 is 11.3 Å². The summed E-state index contributed by atoms with van der Waals surface area (Å²) in [4.78, 5) is 7.68. The number of hydrogen-bond acceptors (Lipinski definition) is 5. The highest BCUT2D eigenvalue weighted by molar-refractivity contribution is 7.15. The van der Waals surface area contributed by atoms with Crippen LogP contribution in [0.3, 0.4) is 0 Å². The summed E-state index contributed by atoms with van der Waals surface area (Å²) in [6.07, 6.45) is 3.97. The third kappa shape index (κ3) is 3.14. The van der Waals surface area contributed by atoms with Gasteiger partial charge in [-0.05, 0) is 18.8 Å². The van der Waals surface area contributed by atoms with Gasteiger partial charge in [-0.1, -0.05) is 24.7 Å². The molecule has 1 N–H and O–H groups in total. The number of anilines is 1. The van der Waals surface area contributed by atoms with Crippen molar-refractivity contribution >= 4 is 16.5 Å². The molecule has 18 heavy (non-hydrogen) atoms. The second kappa shape index (κ2) is 5.89. The topological polar surface area (TPSA) is 37.4 Å². The summed E-state index contributed by atoms with van der Waals surface area (Å²) in [6, 6.07) is 0.708. The fourth-order valence-corrected chi connectivity index (χ4v) is 3.10. The maximum Gasteiger partial charge on any atom is 0.230 e. The van der Waals surface area contributed by atoms with Gasteiger partial charge in [0.1, 0.15) is 0 Å². The molecule has 0 bridgehead atoms. The molecule has 0 saturated heterocycles. The fourth-order valence-electron chi connectivity index (χ4n) is 2.20. The zero-order chi connectivity index (χ0) is 13.1. The highest BCUT2D eigenvalue weighted by Crippen LogP contribution is 2.36. The van der Waals surface area contributed by atoms with Crippen molar-refractivity contribution < 1.29 is 4.74 Å². The second-order valence-electron chi connectivity index (χ2n) is 5.10. The first-order valence-electron chi connectivity index (χ1n) is 6.60. The average molecular weight is 269 g/mol. The Kier molecular flexibility index (Phi) is 4.45. The van der Waals surface area contributed by atoms with Gasteiger partial charge in [0.15, 0.2) is 5.13 Å². The standard InChI is InChI=1S/C13H23N3OS/c1-5-6-9-7-10(9)14-8-11-12(17-4)15-13(18-11)16(2)3/h9-10,14H,5-8H2,1-4H3. The van der Waals surface area contributed by atoms with Gasteiger partial charge in [0.05, 0.1) is 12.0 Å². The highest BCUT2D eigenvalue weighted by atomic mass is 32.1. The zero-order valence-electron chi connectivity index (χ0n) is 11.7. The van der Waals surface area contributed by atoms with Crippen LogP contribution in [0.15, 0.2) is 0 Å². The van der Waals surface area contributed by atoms with E-state index in [-0.39, 0.29) is 0 Å². The Morgan fingerprint density at radius 3 is 2.89 bits per heavy atom. The first kappa shape index (κ1) is 13.6. The molecule has 2 rings (SSSR count). The molecule has 1 aromatic rings. The van der Waals surface area contributed by atoms with E-state index in [1.807, 2.05) is 19.0 Å². The van der Waals surface area contributed by atoms with E-state index in [9.17, 15) is 0 Å². The van der Waals surface area contributed by atoms with Crippen LogP contribution in [0.25, 0.3) is 0 Å². The Bertz CT molecular complexity index is 392. The van der Waals surface area contributed by atoms with Crippen molar-refractivity contribution in [2.45, 2.75) is 38.8 Å². The Morgan fingerprint density at radius 1 is 1.50 bits per heavy atom. The number of methoxy groups -OCH3 is 1. The molecule has 0 aromatic carbocycles. The van der Waals surface area contributed by atoms with Crippen molar-refractivity contribution in [3.63, 3.8) is 0 Å². The van der Waals surface area contributed by atoms with Crippen LogP contribution in [-0.4, -0.2) is 32.2 Å². The van der Waals surface area contributed by atoms with Gasteiger partial charge in [0.2, 0.25) is 5.88 Å². The van der Waals surface area contributed by atoms with Crippen molar-refractivity contribution in [2.75, 3.05) is 26.1 Å². The Hall–Kier alpha value is -0.810. The Balaban J connectivity index is 1.89. The van der Waals surface area contributed by atoms with Crippen LogP contribution in [-0.2, 0) is 6.54 Å². The number of nitrogens with zero attached hydrogens (tertiary/aromatic N) is 2. The van der Waals surface area contributed by atoms with Gasteiger partial charge in [-0.2, -0.15) is 4.98 Å². The molecule has 2 unspecified atom stereocenters. The van der Waals surface area contributed by atoms with E-state index in [1.54, 1.807) is 18.4 Å². The highest BCUT2D eigenvalue weighted by Gasteiger charge is 2.35. The normalized spacial score (nSPS) is 22.0. The molecule has 1 aliphatic rings. The van der Waals surface area contributed by atoms with E-state index in [0.29, 0.717) is 6.04 Å². The van der Waals surface area contributed by atoms with Crippen molar-refractivity contribution in [1.29, 1.82) is 0 Å². The minimum absolute atomic E-state index is 0.708. The predicted octanol–water partition coefficient (Wildman–Crippen LogP) is 2.50. The van der Waals surface area contributed by atoms with Crippen LogP contribution in [0, 0.1) is 5.92 Å². The summed E-state index contributed by atoms with van der Waals surface area (Å²) < 4.78 is 5.34. The van der Waals surface area contributed by atoms with Crippen LogP contribution in [0.4, 0.5) is 5.13 Å². The predicted molar refractivity (Wildman–Crippen MR) is 76.6 cm³/mol. The maximum atomic E-state index is 5.34. The lowest BCUT2D eigenvalue weighted by molar-refractivity contribution is 0.394. The molecule has 1 saturated carbocycles. The minimum atomic E-state index is 0.708. The molecule has 0 spiro atoms. The first-order valence-corrected chi connectivity index (χ1v) is 7.41. The van der Waals surface area contributed by atoms with Gasteiger partial charge in [0.25, 0.3) is 0 Å². The van der Waals surface area contributed by atoms with Gasteiger partial charge >= 0.3 is 0 Å². The largest absolute Gasteiger partial charge is 0.480 e. The molecule has 0 aliphatic heterocycles. The smallest absolute Gasteiger partial charge is 0.230 e. The summed E-state index contributed by atoms with van der Waals surface area (Å²) in [6.45, 7) is 3.13. The monoisotopic (exact) mass is 269 g/mol. The lowest BCUT2D eigenvalue weighted by Gasteiger charge is -2.05. The van der Waals surface area contributed by atoms with Crippen molar-refractivity contribution in [3.05, 3.63) is 4.88 Å². The molecule has 2 atom stereocenters. The van der Waals surface area contributed by atoms with Gasteiger partial charge in [-0.25, -0.2) is 0 Å². The molecule has 102 valence electrons. The summed E-state index contributed by atoms with van der Waals surface area (Å²) in [5, 5.41) is 4.61. The Morgan fingerprint density at radius 2 is 2.28 bits per heavy atom. The van der Waals surface area contributed by atoms with E-state index >= 15 is 0 Å². The molecule has 5 heteroatoms. The quantitative estimate of drug-likeness (QED) is 0.825. The van der Waals surface area contributed by atoms with Crippen molar-refractivity contribution in [1.82, 2.24) is 10.3 Å². The van der Waals surface area contributed by atoms with Crippen molar-refractivity contribution in [3.8, 4) is 5.88 Å². The fraction of sp³-hybridized carbons (Fsp3) is 0.769. The van der Waals surface area contributed by atoms with E-state index in [0.717, 1.165) is 23.5 Å².